The summed E-state index contributed by atoms with van der Waals surface area (Å²) in [4.78, 5) is 24.9. The molecule has 3 rings (SSSR count). The number of anilines is 1. The third kappa shape index (κ3) is 3.04. The number of thiophene rings is 1. The number of phenolic OH excluding ortho intramolecular Hbond substituents is 1. The van der Waals surface area contributed by atoms with Crippen LogP contribution in [0.25, 0.3) is 0 Å². The van der Waals surface area contributed by atoms with Crippen LogP contribution in [0, 0.1) is 0 Å². The summed E-state index contributed by atoms with van der Waals surface area (Å²) in [5.74, 6) is -1.59. The Labute approximate surface area is 141 Å². The van der Waals surface area contributed by atoms with Crippen LogP contribution in [0.15, 0.2) is 18.2 Å². The zero-order valence-corrected chi connectivity index (χ0v) is 13.6. The summed E-state index contributed by atoms with van der Waals surface area (Å²) in [5, 5.41) is 22.0. The Balaban J connectivity index is 1.93. The topological polar surface area (TPSA) is 86.6 Å². The van der Waals surface area contributed by atoms with Crippen LogP contribution >= 0.6 is 22.9 Å². The van der Waals surface area contributed by atoms with Crippen LogP contribution in [0.5, 0.6) is 5.75 Å². The first-order valence-corrected chi connectivity index (χ1v) is 8.34. The molecule has 5 nitrogen and oxygen atoms in total. The molecule has 3 N–H and O–H groups in total. The fraction of sp³-hybridized carbons (Fsp3) is 0.250. The zero-order chi connectivity index (χ0) is 16.6. The van der Waals surface area contributed by atoms with Gasteiger partial charge < -0.3 is 15.5 Å². The van der Waals surface area contributed by atoms with Gasteiger partial charge in [0.05, 0.1) is 10.6 Å². The van der Waals surface area contributed by atoms with Crippen molar-refractivity contribution in [2.24, 2.45) is 0 Å². The van der Waals surface area contributed by atoms with Crippen molar-refractivity contribution in [1.29, 1.82) is 0 Å². The minimum atomic E-state index is -1.02. The molecule has 1 aromatic carbocycles. The first-order valence-electron chi connectivity index (χ1n) is 7.15. The molecule has 0 radical (unpaired) electrons. The second-order valence-electron chi connectivity index (χ2n) is 5.34. The van der Waals surface area contributed by atoms with E-state index in [0.29, 0.717) is 5.00 Å². The molecule has 0 saturated carbocycles. The number of aromatic carboxylic acids is 1. The fourth-order valence-electron chi connectivity index (χ4n) is 2.70. The highest BCUT2D eigenvalue weighted by Crippen LogP contribution is 2.38. The summed E-state index contributed by atoms with van der Waals surface area (Å²) in [5.41, 5.74) is 1.30. The average Bonchev–Trinajstić information content (AvgIpc) is 2.87. The summed E-state index contributed by atoms with van der Waals surface area (Å²) < 4.78 is 0. The number of rotatable bonds is 3. The van der Waals surface area contributed by atoms with Gasteiger partial charge in [-0.3, -0.25) is 4.79 Å². The van der Waals surface area contributed by atoms with Crippen molar-refractivity contribution in [3.05, 3.63) is 44.8 Å². The molecule has 0 fully saturated rings. The van der Waals surface area contributed by atoms with Crippen LogP contribution in [-0.4, -0.2) is 22.1 Å². The Morgan fingerprint density at radius 3 is 2.65 bits per heavy atom. The number of fused-ring (bicyclic) bond motifs is 1. The van der Waals surface area contributed by atoms with Gasteiger partial charge in [-0.2, -0.15) is 0 Å². The molecule has 0 aliphatic heterocycles. The van der Waals surface area contributed by atoms with Crippen molar-refractivity contribution in [3.8, 4) is 5.75 Å². The van der Waals surface area contributed by atoms with Crippen LogP contribution in [-0.2, 0) is 12.8 Å². The second-order valence-corrected chi connectivity index (χ2v) is 6.85. The van der Waals surface area contributed by atoms with E-state index in [1.807, 2.05) is 0 Å². The Bertz CT molecular complexity index is 800. The third-order valence-corrected chi connectivity index (χ3v) is 5.33. The number of aryl methyl sites for hydroxylation is 1. The summed E-state index contributed by atoms with van der Waals surface area (Å²) in [6.45, 7) is 0. The molecule has 0 unspecified atom stereocenters. The maximum absolute atomic E-state index is 12.3. The van der Waals surface area contributed by atoms with E-state index in [0.717, 1.165) is 36.1 Å². The number of amides is 1. The predicted octanol–water partition coefficient (Wildman–Crippen LogP) is 3.94. The smallest absolute Gasteiger partial charge is 0.339 e. The highest BCUT2D eigenvalue weighted by molar-refractivity contribution is 7.17. The minimum absolute atomic E-state index is 0.0709. The number of halogens is 1. The maximum atomic E-state index is 12.3. The minimum Gasteiger partial charge on any atom is -0.506 e. The maximum Gasteiger partial charge on any atom is 0.339 e. The lowest BCUT2D eigenvalue weighted by Crippen LogP contribution is -2.14. The Morgan fingerprint density at radius 2 is 1.96 bits per heavy atom. The molecular formula is C16H14ClNO4S. The van der Waals surface area contributed by atoms with Crippen molar-refractivity contribution in [2.45, 2.75) is 25.7 Å². The molecule has 120 valence electrons. The first kappa shape index (κ1) is 15.8. The molecule has 1 aliphatic rings. The monoisotopic (exact) mass is 351 g/mol. The molecule has 1 aliphatic carbocycles. The molecule has 0 atom stereocenters. The highest BCUT2D eigenvalue weighted by Gasteiger charge is 2.26. The van der Waals surface area contributed by atoms with Crippen LogP contribution in [0.1, 0.15) is 44.0 Å². The molecule has 1 heterocycles. The summed E-state index contributed by atoms with van der Waals surface area (Å²) in [6.07, 6.45) is 3.58. The Morgan fingerprint density at radius 1 is 1.22 bits per heavy atom. The van der Waals surface area contributed by atoms with Crippen molar-refractivity contribution >= 4 is 39.8 Å². The van der Waals surface area contributed by atoms with Crippen molar-refractivity contribution in [1.82, 2.24) is 0 Å². The van der Waals surface area contributed by atoms with Gasteiger partial charge in [-0.25, -0.2) is 4.79 Å². The Hall–Kier alpha value is -2.05. The van der Waals surface area contributed by atoms with Crippen molar-refractivity contribution < 1.29 is 19.8 Å². The van der Waals surface area contributed by atoms with Gasteiger partial charge in [-0.05, 0) is 49.4 Å². The van der Waals surface area contributed by atoms with E-state index < -0.39 is 11.9 Å². The predicted molar refractivity (Wildman–Crippen MR) is 89.0 cm³/mol. The molecule has 2 aromatic rings. The number of benzene rings is 1. The quantitative estimate of drug-likeness (QED) is 0.781. The van der Waals surface area contributed by atoms with E-state index >= 15 is 0 Å². The fourth-order valence-corrected chi connectivity index (χ4v) is 4.16. The van der Waals surface area contributed by atoms with Crippen LogP contribution in [0.2, 0.25) is 5.02 Å². The summed E-state index contributed by atoms with van der Waals surface area (Å²) in [7, 11) is 0. The third-order valence-electron chi connectivity index (χ3n) is 3.82. The molecule has 1 amide bonds. The summed E-state index contributed by atoms with van der Waals surface area (Å²) in [6, 6.07) is 4.11. The van der Waals surface area contributed by atoms with Gasteiger partial charge in [-0.15, -0.1) is 11.3 Å². The van der Waals surface area contributed by atoms with E-state index in [1.165, 1.54) is 29.5 Å². The second kappa shape index (κ2) is 6.22. The zero-order valence-electron chi connectivity index (χ0n) is 12.1. The van der Waals surface area contributed by atoms with Gasteiger partial charge in [0.25, 0.3) is 5.91 Å². The summed E-state index contributed by atoms with van der Waals surface area (Å²) >= 11 is 7.13. The van der Waals surface area contributed by atoms with Crippen LogP contribution < -0.4 is 5.32 Å². The van der Waals surface area contributed by atoms with Crippen molar-refractivity contribution in [2.75, 3.05) is 5.32 Å². The SMILES string of the molecule is O=C(Nc1sc2c(c1C(=O)O)CCCC2)c1ccc(O)c(Cl)c1. The van der Waals surface area contributed by atoms with Gasteiger partial charge in [0.1, 0.15) is 10.8 Å². The number of hydrogen-bond acceptors (Lipinski definition) is 4. The largest absolute Gasteiger partial charge is 0.506 e. The number of nitrogens with one attached hydrogen (secondary N) is 1. The lowest BCUT2D eigenvalue weighted by Gasteiger charge is -2.10. The van der Waals surface area contributed by atoms with E-state index in [-0.39, 0.29) is 21.9 Å². The van der Waals surface area contributed by atoms with Gasteiger partial charge in [0.15, 0.2) is 0 Å². The molecule has 0 saturated heterocycles. The van der Waals surface area contributed by atoms with Crippen LogP contribution in [0.3, 0.4) is 0 Å². The number of carbonyl (C=O) groups is 2. The van der Waals surface area contributed by atoms with E-state index in [4.69, 9.17) is 11.6 Å². The first-order chi connectivity index (χ1) is 11.0. The highest BCUT2D eigenvalue weighted by atomic mass is 35.5. The van der Waals surface area contributed by atoms with E-state index in [9.17, 15) is 19.8 Å². The molecule has 1 aromatic heterocycles. The van der Waals surface area contributed by atoms with Crippen molar-refractivity contribution in [3.63, 3.8) is 0 Å². The molecule has 7 heteroatoms. The Kier molecular flexibility index (Phi) is 4.28. The molecule has 0 spiro atoms. The number of hydrogen-bond donors (Lipinski definition) is 3. The van der Waals surface area contributed by atoms with E-state index in [1.54, 1.807) is 0 Å². The van der Waals surface area contributed by atoms with Gasteiger partial charge >= 0.3 is 5.97 Å². The van der Waals surface area contributed by atoms with E-state index in [2.05, 4.69) is 5.32 Å². The van der Waals surface area contributed by atoms with Gasteiger partial charge in [0, 0.05) is 10.4 Å². The molecule has 23 heavy (non-hydrogen) atoms. The van der Waals surface area contributed by atoms with Crippen LogP contribution in [0.4, 0.5) is 5.00 Å². The molecule has 0 bridgehead atoms. The van der Waals surface area contributed by atoms with Gasteiger partial charge in [0.2, 0.25) is 0 Å². The number of carboxylic acid groups (broad SMARTS) is 1. The van der Waals surface area contributed by atoms with Gasteiger partial charge in [-0.1, -0.05) is 11.6 Å². The number of carboxylic acids is 1. The lowest BCUT2D eigenvalue weighted by atomic mass is 9.95. The number of carbonyl (C=O) groups excluding carboxylic acids is 1. The number of aromatic hydroxyl groups is 1. The standard InChI is InChI=1S/C16H14ClNO4S/c17-10-7-8(5-6-11(10)19)14(20)18-15-13(16(21)22)9-3-1-2-4-12(9)23-15/h5-7,19H,1-4H2,(H,18,20)(H,21,22). The lowest BCUT2D eigenvalue weighted by molar-refractivity contribution is 0.0697. The average molecular weight is 352 g/mol. The normalized spacial score (nSPS) is 13.4. The number of phenols is 1. The molecular weight excluding hydrogens is 338 g/mol.